The molecular formula is C22H24O5. The van der Waals surface area contributed by atoms with Gasteiger partial charge in [-0.1, -0.05) is 6.08 Å². The Labute approximate surface area is 159 Å². The third-order valence-corrected chi connectivity index (χ3v) is 4.06. The third-order valence-electron chi connectivity index (χ3n) is 4.06. The normalized spacial score (nSPS) is 10.5. The van der Waals surface area contributed by atoms with Crippen LogP contribution in [0.25, 0.3) is 6.08 Å². The quantitative estimate of drug-likeness (QED) is 0.374. The molecule has 0 N–H and O–H groups in total. The Hall–Kier alpha value is -3.21. The van der Waals surface area contributed by atoms with Crippen molar-refractivity contribution >= 4 is 11.9 Å². The molecule has 2 aromatic rings. The molecule has 0 radical (unpaired) electrons. The maximum atomic E-state index is 12.5. The monoisotopic (exact) mass is 368 g/mol. The second-order valence-corrected chi connectivity index (χ2v) is 5.64. The summed E-state index contributed by atoms with van der Waals surface area (Å²) in [6.07, 6.45) is 5.58. The number of ketones is 1. The van der Waals surface area contributed by atoms with E-state index < -0.39 is 0 Å². The molecule has 0 saturated carbocycles. The summed E-state index contributed by atoms with van der Waals surface area (Å²) in [6.45, 7) is 3.78. The zero-order valence-electron chi connectivity index (χ0n) is 16.1. The minimum atomic E-state index is -0.125. The topological polar surface area (TPSA) is 54.0 Å². The number of allylic oxidation sites excluding steroid dienone is 2. The van der Waals surface area contributed by atoms with Crippen molar-refractivity contribution in [3.05, 3.63) is 65.8 Å². The maximum Gasteiger partial charge on any atom is 0.204 e. The van der Waals surface area contributed by atoms with Crippen molar-refractivity contribution in [2.45, 2.75) is 6.42 Å². The number of carbonyl (C=O) groups is 1. The summed E-state index contributed by atoms with van der Waals surface area (Å²) < 4.78 is 21.6. The van der Waals surface area contributed by atoms with Gasteiger partial charge in [-0.25, -0.2) is 0 Å². The fourth-order valence-electron chi connectivity index (χ4n) is 2.77. The van der Waals surface area contributed by atoms with Crippen molar-refractivity contribution in [2.75, 3.05) is 28.4 Å². The molecule has 142 valence electrons. The molecule has 0 spiro atoms. The lowest BCUT2D eigenvalue weighted by atomic mass is 10.0. The summed E-state index contributed by atoms with van der Waals surface area (Å²) in [4.78, 5) is 12.5. The minimum absolute atomic E-state index is 0.125. The molecule has 2 aromatic carbocycles. The van der Waals surface area contributed by atoms with E-state index in [1.807, 2.05) is 6.07 Å². The van der Waals surface area contributed by atoms with Crippen molar-refractivity contribution in [3.63, 3.8) is 0 Å². The highest BCUT2D eigenvalue weighted by Gasteiger charge is 2.19. The van der Waals surface area contributed by atoms with E-state index in [2.05, 4.69) is 6.58 Å². The Balaban J connectivity index is 2.43. The van der Waals surface area contributed by atoms with Crippen LogP contribution in [0.15, 0.2) is 49.1 Å². The first-order chi connectivity index (χ1) is 13.1. The van der Waals surface area contributed by atoms with Gasteiger partial charge in [0.25, 0.3) is 0 Å². The van der Waals surface area contributed by atoms with Crippen LogP contribution in [-0.2, 0) is 6.42 Å². The molecule has 2 rings (SSSR count). The fourth-order valence-corrected chi connectivity index (χ4v) is 2.77. The number of ether oxygens (including phenoxy) is 4. The molecule has 0 atom stereocenters. The van der Waals surface area contributed by atoms with Gasteiger partial charge in [-0.05, 0) is 48.9 Å². The molecule has 0 aliphatic heterocycles. The van der Waals surface area contributed by atoms with Crippen LogP contribution in [-0.4, -0.2) is 34.2 Å². The van der Waals surface area contributed by atoms with Gasteiger partial charge < -0.3 is 18.9 Å². The van der Waals surface area contributed by atoms with E-state index in [0.717, 1.165) is 5.56 Å². The van der Waals surface area contributed by atoms with Gasteiger partial charge in [0.1, 0.15) is 5.75 Å². The highest BCUT2D eigenvalue weighted by Crippen LogP contribution is 2.43. The standard InChI is InChI=1S/C22H24O5/c1-6-7-16-14-17(21(26-4)22(27-5)20(16)25-3)10-13-19(23)15-8-11-18(24-2)12-9-15/h6,8-14H,1,7H2,2-5H3. The van der Waals surface area contributed by atoms with Crippen LogP contribution in [0.4, 0.5) is 0 Å². The van der Waals surface area contributed by atoms with Gasteiger partial charge in [0.2, 0.25) is 5.75 Å². The molecule has 0 aliphatic carbocycles. The van der Waals surface area contributed by atoms with Gasteiger partial charge in [0.05, 0.1) is 28.4 Å². The molecule has 0 fully saturated rings. The van der Waals surface area contributed by atoms with Crippen LogP contribution in [0, 0.1) is 0 Å². The Kier molecular flexibility index (Phi) is 7.06. The largest absolute Gasteiger partial charge is 0.497 e. The highest BCUT2D eigenvalue weighted by atomic mass is 16.5. The van der Waals surface area contributed by atoms with E-state index in [0.29, 0.717) is 40.5 Å². The SMILES string of the molecule is C=CCc1cc(C=CC(=O)c2ccc(OC)cc2)c(OC)c(OC)c1OC. The molecule has 0 unspecified atom stereocenters. The van der Waals surface area contributed by atoms with Crippen molar-refractivity contribution in [1.82, 2.24) is 0 Å². The molecule has 0 amide bonds. The van der Waals surface area contributed by atoms with Crippen LogP contribution >= 0.6 is 0 Å². The van der Waals surface area contributed by atoms with Crippen molar-refractivity contribution < 1.29 is 23.7 Å². The number of methoxy groups -OCH3 is 4. The molecule has 0 aliphatic rings. The maximum absolute atomic E-state index is 12.5. The fraction of sp³-hybridized carbons (Fsp3) is 0.227. The van der Waals surface area contributed by atoms with Crippen molar-refractivity contribution in [1.29, 1.82) is 0 Å². The van der Waals surface area contributed by atoms with Crippen LogP contribution in [0.2, 0.25) is 0 Å². The number of benzene rings is 2. The van der Waals surface area contributed by atoms with Gasteiger partial charge in [0.15, 0.2) is 17.3 Å². The van der Waals surface area contributed by atoms with Gasteiger partial charge in [0, 0.05) is 16.7 Å². The van der Waals surface area contributed by atoms with Crippen LogP contribution in [0.3, 0.4) is 0 Å². The van der Waals surface area contributed by atoms with Crippen LogP contribution in [0.5, 0.6) is 23.0 Å². The van der Waals surface area contributed by atoms with Gasteiger partial charge in [-0.15, -0.1) is 6.58 Å². The molecule has 0 heterocycles. The summed E-state index contributed by atoms with van der Waals surface area (Å²) in [6, 6.07) is 8.85. The van der Waals surface area contributed by atoms with Gasteiger partial charge in [-0.3, -0.25) is 4.79 Å². The van der Waals surface area contributed by atoms with Crippen molar-refractivity contribution in [2.24, 2.45) is 0 Å². The zero-order chi connectivity index (χ0) is 19.8. The lowest BCUT2D eigenvalue weighted by molar-refractivity contribution is 0.104. The Morgan fingerprint density at radius 1 is 0.926 bits per heavy atom. The number of rotatable bonds is 9. The van der Waals surface area contributed by atoms with Gasteiger partial charge in [-0.2, -0.15) is 0 Å². The lowest BCUT2D eigenvalue weighted by Gasteiger charge is -2.17. The molecule has 27 heavy (non-hydrogen) atoms. The summed E-state index contributed by atoms with van der Waals surface area (Å²) in [7, 11) is 6.26. The Morgan fingerprint density at radius 3 is 2.07 bits per heavy atom. The Morgan fingerprint density at radius 2 is 1.56 bits per heavy atom. The molecular weight excluding hydrogens is 344 g/mol. The smallest absolute Gasteiger partial charge is 0.204 e. The number of hydrogen-bond acceptors (Lipinski definition) is 5. The molecule has 5 heteroatoms. The van der Waals surface area contributed by atoms with Crippen LogP contribution in [0.1, 0.15) is 21.5 Å². The lowest BCUT2D eigenvalue weighted by Crippen LogP contribution is -2.01. The summed E-state index contributed by atoms with van der Waals surface area (Å²) in [5.74, 6) is 2.15. The van der Waals surface area contributed by atoms with E-state index >= 15 is 0 Å². The zero-order valence-corrected chi connectivity index (χ0v) is 16.1. The van der Waals surface area contributed by atoms with E-state index in [-0.39, 0.29) is 5.78 Å². The summed E-state index contributed by atoms with van der Waals surface area (Å²) in [5.41, 5.74) is 2.17. The first kappa shape index (κ1) is 20.1. The average Bonchev–Trinajstić information content (AvgIpc) is 2.71. The molecule has 0 saturated heterocycles. The van der Waals surface area contributed by atoms with E-state index in [1.165, 1.54) is 6.08 Å². The van der Waals surface area contributed by atoms with Crippen molar-refractivity contribution in [3.8, 4) is 23.0 Å². The highest BCUT2D eigenvalue weighted by molar-refractivity contribution is 6.07. The van der Waals surface area contributed by atoms with E-state index in [1.54, 1.807) is 64.9 Å². The van der Waals surface area contributed by atoms with Gasteiger partial charge >= 0.3 is 0 Å². The first-order valence-electron chi connectivity index (χ1n) is 8.38. The van der Waals surface area contributed by atoms with E-state index in [4.69, 9.17) is 18.9 Å². The summed E-state index contributed by atoms with van der Waals surface area (Å²) >= 11 is 0. The third kappa shape index (κ3) is 4.50. The van der Waals surface area contributed by atoms with E-state index in [9.17, 15) is 4.79 Å². The van der Waals surface area contributed by atoms with Crippen LogP contribution < -0.4 is 18.9 Å². The molecule has 0 bridgehead atoms. The summed E-state index contributed by atoms with van der Waals surface area (Å²) in [5, 5.41) is 0. The second kappa shape index (κ2) is 9.48. The average molecular weight is 368 g/mol. The predicted octanol–water partition coefficient (Wildman–Crippen LogP) is 4.35. The molecule has 5 nitrogen and oxygen atoms in total. The first-order valence-corrected chi connectivity index (χ1v) is 8.38. The predicted molar refractivity (Wildman–Crippen MR) is 106 cm³/mol. The number of hydrogen-bond donors (Lipinski definition) is 0. The molecule has 0 aromatic heterocycles. The minimum Gasteiger partial charge on any atom is -0.497 e. The second-order valence-electron chi connectivity index (χ2n) is 5.64. The number of carbonyl (C=O) groups excluding carboxylic acids is 1. The Bertz CT molecular complexity index is 835.